The van der Waals surface area contributed by atoms with Gasteiger partial charge in [-0.25, -0.2) is 0 Å². The average Bonchev–Trinajstić information content (AvgIpc) is 2.73. The minimum absolute atomic E-state index is 0.553. The van der Waals surface area contributed by atoms with Crippen LogP contribution in [0, 0.1) is 13.8 Å². The van der Waals surface area contributed by atoms with E-state index in [1.807, 2.05) is 25.3 Å². The maximum Gasteiger partial charge on any atom is 0.126 e. The highest BCUT2D eigenvalue weighted by Gasteiger charge is 2.03. The Morgan fingerprint density at radius 1 is 0.857 bits per heavy atom. The Hall–Kier alpha value is -3.39. The zero-order valence-electron chi connectivity index (χ0n) is 16.2. The van der Waals surface area contributed by atoms with Gasteiger partial charge in [0.1, 0.15) is 12.4 Å². The van der Waals surface area contributed by atoms with E-state index in [1.165, 1.54) is 21.9 Å². The number of pyridine rings is 1. The summed E-state index contributed by atoms with van der Waals surface area (Å²) in [6, 6.07) is 25.2. The van der Waals surface area contributed by atoms with Gasteiger partial charge in [-0.3, -0.25) is 4.98 Å². The lowest BCUT2D eigenvalue weighted by atomic mass is 10.0. The van der Waals surface area contributed by atoms with Gasteiger partial charge in [0.15, 0.2) is 0 Å². The normalized spacial score (nSPS) is 11.2. The van der Waals surface area contributed by atoms with Crippen molar-refractivity contribution in [1.82, 2.24) is 4.98 Å². The number of benzene rings is 3. The Labute approximate surface area is 166 Å². The summed E-state index contributed by atoms with van der Waals surface area (Å²) in [5.41, 5.74) is 5.52. The molecular weight excluding hydrogens is 342 g/mol. The maximum absolute atomic E-state index is 6.05. The molecule has 2 heteroatoms. The molecule has 0 spiro atoms. The topological polar surface area (TPSA) is 22.1 Å². The standard InChI is InChI=1S/C26H23NO/c1-19-10-12-21(13-11-19)18-28-26-16-24(27-17-20(26)2)15-14-23-8-5-7-22-6-3-4-9-25(22)23/h3-17H,18H2,1-2H3. The fourth-order valence-electron chi connectivity index (χ4n) is 3.18. The number of aryl methyl sites for hydroxylation is 2. The molecule has 1 heterocycles. The van der Waals surface area contributed by atoms with E-state index < -0.39 is 0 Å². The molecule has 138 valence electrons. The van der Waals surface area contributed by atoms with Crippen LogP contribution in [-0.2, 0) is 6.61 Å². The van der Waals surface area contributed by atoms with Gasteiger partial charge in [0.05, 0.1) is 5.69 Å². The summed E-state index contributed by atoms with van der Waals surface area (Å²) in [4.78, 5) is 4.53. The van der Waals surface area contributed by atoms with Gasteiger partial charge in [0.25, 0.3) is 0 Å². The maximum atomic E-state index is 6.05. The zero-order chi connectivity index (χ0) is 19.3. The third kappa shape index (κ3) is 4.12. The molecule has 0 bridgehead atoms. The monoisotopic (exact) mass is 365 g/mol. The van der Waals surface area contributed by atoms with Crippen molar-refractivity contribution in [2.24, 2.45) is 0 Å². The summed E-state index contributed by atoms with van der Waals surface area (Å²) < 4.78 is 6.05. The van der Waals surface area contributed by atoms with Gasteiger partial charge in [-0.1, -0.05) is 78.4 Å². The molecule has 0 saturated heterocycles. The first-order valence-corrected chi connectivity index (χ1v) is 9.50. The van der Waals surface area contributed by atoms with Crippen molar-refractivity contribution >= 4 is 22.9 Å². The molecule has 0 aliphatic carbocycles. The molecule has 3 aromatic carbocycles. The molecule has 1 aromatic heterocycles. The summed E-state index contributed by atoms with van der Waals surface area (Å²) in [5.74, 6) is 0.869. The van der Waals surface area contributed by atoms with Gasteiger partial charge in [-0.05, 0) is 41.8 Å². The largest absolute Gasteiger partial charge is 0.488 e. The van der Waals surface area contributed by atoms with Crippen molar-refractivity contribution in [3.8, 4) is 5.75 Å². The molecule has 4 rings (SSSR count). The van der Waals surface area contributed by atoms with Crippen LogP contribution >= 0.6 is 0 Å². The average molecular weight is 365 g/mol. The number of rotatable bonds is 5. The van der Waals surface area contributed by atoms with Crippen molar-refractivity contribution in [2.45, 2.75) is 20.5 Å². The molecule has 0 amide bonds. The predicted molar refractivity (Wildman–Crippen MR) is 117 cm³/mol. The van der Waals surface area contributed by atoms with Crippen LogP contribution in [0.25, 0.3) is 22.9 Å². The lowest BCUT2D eigenvalue weighted by Crippen LogP contribution is -1.98. The van der Waals surface area contributed by atoms with Crippen LogP contribution in [0.2, 0.25) is 0 Å². The van der Waals surface area contributed by atoms with Crippen molar-refractivity contribution in [3.05, 3.63) is 107 Å². The molecular formula is C26H23NO. The molecule has 0 radical (unpaired) electrons. The second-order valence-electron chi connectivity index (χ2n) is 7.05. The van der Waals surface area contributed by atoms with Gasteiger partial charge in [0.2, 0.25) is 0 Å². The number of hydrogen-bond acceptors (Lipinski definition) is 2. The third-order valence-corrected chi connectivity index (χ3v) is 4.85. The van der Waals surface area contributed by atoms with Crippen molar-refractivity contribution in [1.29, 1.82) is 0 Å². The second kappa shape index (κ2) is 8.10. The lowest BCUT2D eigenvalue weighted by Gasteiger charge is -2.10. The Morgan fingerprint density at radius 2 is 1.64 bits per heavy atom. The molecule has 0 saturated carbocycles. The third-order valence-electron chi connectivity index (χ3n) is 4.85. The van der Waals surface area contributed by atoms with Crippen LogP contribution in [0.4, 0.5) is 0 Å². The van der Waals surface area contributed by atoms with E-state index in [4.69, 9.17) is 4.74 Å². The molecule has 2 nitrogen and oxygen atoms in total. The Balaban J connectivity index is 1.54. The summed E-state index contributed by atoms with van der Waals surface area (Å²) in [6.07, 6.45) is 6.02. The molecule has 0 atom stereocenters. The van der Waals surface area contributed by atoms with Gasteiger partial charge in [-0.2, -0.15) is 0 Å². The highest BCUT2D eigenvalue weighted by Crippen LogP contribution is 2.23. The Kier molecular flexibility index (Phi) is 5.20. The van der Waals surface area contributed by atoms with Crippen LogP contribution < -0.4 is 4.74 Å². The highest BCUT2D eigenvalue weighted by molar-refractivity contribution is 5.92. The number of aromatic nitrogens is 1. The molecule has 0 unspecified atom stereocenters. The van der Waals surface area contributed by atoms with E-state index in [9.17, 15) is 0 Å². The first kappa shape index (κ1) is 18.0. The number of ether oxygens (including phenoxy) is 1. The van der Waals surface area contributed by atoms with E-state index in [0.717, 1.165) is 22.6 Å². The second-order valence-corrected chi connectivity index (χ2v) is 7.05. The summed E-state index contributed by atoms with van der Waals surface area (Å²) in [7, 11) is 0. The SMILES string of the molecule is Cc1ccc(COc2cc(C=Cc3cccc4ccccc34)ncc2C)cc1. The quantitative estimate of drug-likeness (QED) is 0.397. The van der Waals surface area contributed by atoms with Gasteiger partial charge in [-0.15, -0.1) is 0 Å². The highest BCUT2D eigenvalue weighted by atomic mass is 16.5. The van der Waals surface area contributed by atoms with Crippen molar-refractivity contribution in [3.63, 3.8) is 0 Å². The Morgan fingerprint density at radius 3 is 2.50 bits per heavy atom. The van der Waals surface area contributed by atoms with Gasteiger partial charge < -0.3 is 4.74 Å². The molecule has 0 aliphatic rings. The Bertz CT molecular complexity index is 1120. The number of nitrogens with zero attached hydrogens (tertiary/aromatic N) is 1. The minimum Gasteiger partial charge on any atom is -0.488 e. The van der Waals surface area contributed by atoms with Gasteiger partial charge in [0, 0.05) is 17.8 Å². The lowest BCUT2D eigenvalue weighted by molar-refractivity contribution is 0.303. The molecule has 0 aliphatic heterocycles. The number of fused-ring (bicyclic) bond motifs is 1. The van der Waals surface area contributed by atoms with E-state index in [1.54, 1.807) is 0 Å². The van der Waals surface area contributed by atoms with Crippen molar-refractivity contribution in [2.75, 3.05) is 0 Å². The van der Waals surface area contributed by atoms with E-state index >= 15 is 0 Å². The van der Waals surface area contributed by atoms with E-state index in [2.05, 4.69) is 84.7 Å². The van der Waals surface area contributed by atoms with E-state index in [0.29, 0.717) is 6.61 Å². The zero-order valence-corrected chi connectivity index (χ0v) is 16.2. The summed E-state index contributed by atoms with van der Waals surface area (Å²) in [5, 5.41) is 2.48. The first-order chi connectivity index (χ1) is 13.7. The molecule has 4 aromatic rings. The molecule has 0 N–H and O–H groups in total. The van der Waals surface area contributed by atoms with E-state index in [-0.39, 0.29) is 0 Å². The predicted octanol–water partition coefficient (Wildman–Crippen LogP) is 6.60. The van der Waals surface area contributed by atoms with Gasteiger partial charge >= 0.3 is 0 Å². The van der Waals surface area contributed by atoms with Crippen LogP contribution in [0.1, 0.15) is 27.9 Å². The number of hydrogen-bond donors (Lipinski definition) is 0. The first-order valence-electron chi connectivity index (χ1n) is 9.50. The van der Waals surface area contributed by atoms with Crippen LogP contribution in [0.3, 0.4) is 0 Å². The fourth-order valence-corrected chi connectivity index (χ4v) is 3.18. The molecule has 0 fully saturated rings. The van der Waals surface area contributed by atoms with Crippen LogP contribution in [0.15, 0.2) is 79.0 Å². The smallest absolute Gasteiger partial charge is 0.126 e. The summed E-state index contributed by atoms with van der Waals surface area (Å²) >= 11 is 0. The van der Waals surface area contributed by atoms with Crippen LogP contribution in [0.5, 0.6) is 5.75 Å². The van der Waals surface area contributed by atoms with Crippen LogP contribution in [-0.4, -0.2) is 4.98 Å². The fraction of sp³-hybridized carbons (Fsp3) is 0.115. The minimum atomic E-state index is 0.553. The van der Waals surface area contributed by atoms with Crippen molar-refractivity contribution < 1.29 is 4.74 Å². The molecule has 28 heavy (non-hydrogen) atoms. The summed E-state index contributed by atoms with van der Waals surface area (Å²) in [6.45, 7) is 4.67.